The molecular weight excluding hydrogens is 288 g/mol. The first-order valence-corrected chi connectivity index (χ1v) is 7.67. The van der Waals surface area contributed by atoms with E-state index in [1.807, 2.05) is 12.1 Å². The number of carbonyl (C=O) groups is 1. The largest absolute Gasteiger partial charge is 0.465 e. The van der Waals surface area contributed by atoms with Crippen LogP contribution < -0.4 is 0 Å². The van der Waals surface area contributed by atoms with Crippen molar-refractivity contribution >= 4 is 17.7 Å². The third-order valence-corrected chi connectivity index (χ3v) is 3.75. The summed E-state index contributed by atoms with van der Waals surface area (Å²) in [5.74, 6) is 2.61. The molecule has 0 aliphatic carbocycles. The summed E-state index contributed by atoms with van der Waals surface area (Å²) in [6.45, 7) is 1.15. The van der Waals surface area contributed by atoms with Crippen molar-refractivity contribution in [2.75, 3.05) is 20.3 Å². The number of carbonyl (C=O) groups excluding carboxylic acids is 1. The van der Waals surface area contributed by atoms with Gasteiger partial charge in [-0.3, -0.25) is 0 Å². The average Bonchev–Trinajstić information content (AvgIpc) is 2.55. The van der Waals surface area contributed by atoms with Crippen LogP contribution in [-0.4, -0.2) is 32.6 Å². The maximum atomic E-state index is 11.3. The van der Waals surface area contributed by atoms with Crippen molar-refractivity contribution in [3.8, 4) is 11.2 Å². The Balaban J connectivity index is 1.72. The van der Waals surface area contributed by atoms with Gasteiger partial charge in [-0.2, -0.15) is 0 Å². The first kappa shape index (κ1) is 15.9. The molecule has 1 aliphatic heterocycles. The zero-order valence-corrected chi connectivity index (χ0v) is 12.8. The Hall–Kier alpha value is -1.48. The summed E-state index contributed by atoms with van der Waals surface area (Å²) in [7, 11) is 1.37. The molecule has 1 unspecified atom stereocenters. The van der Waals surface area contributed by atoms with Gasteiger partial charge in [0.2, 0.25) is 0 Å². The fourth-order valence-electron chi connectivity index (χ4n) is 1.88. The number of rotatable bonds is 4. The van der Waals surface area contributed by atoms with Gasteiger partial charge in [-0.25, -0.2) is 4.79 Å². The van der Waals surface area contributed by atoms with Crippen LogP contribution in [0.4, 0.5) is 0 Å². The molecule has 21 heavy (non-hydrogen) atoms. The molecule has 5 heteroatoms. The van der Waals surface area contributed by atoms with Crippen LogP contribution in [-0.2, 0) is 14.2 Å². The molecule has 0 aromatic heterocycles. The maximum absolute atomic E-state index is 11.3. The molecule has 0 spiro atoms. The highest BCUT2D eigenvalue weighted by Gasteiger charge is 2.12. The van der Waals surface area contributed by atoms with E-state index in [1.165, 1.54) is 18.9 Å². The number of hydrogen-bond acceptors (Lipinski definition) is 5. The Bertz CT molecular complexity index is 509. The SMILES string of the molecule is COC(=O)c1ccc(SC#CCOC2CCCCO2)cc1. The van der Waals surface area contributed by atoms with Gasteiger partial charge in [0.15, 0.2) is 6.29 Å². The minimum atomic E-state index is -0.335. The minimum absolute atomic E-state index is 0.0996. The van der Waals surface area contributed by atoms with E-state index < -0.39 is 0 Å². The molecule has 1 atom stereocenters. The van der Waals surface area contributed by atoms with Crippen molar-refractivity contribution in [2.45, 2.75) is 30.4 Å². The van der Waals surface area contributed by atoms with Crippen molar-refractivity contribution in [1.82, 2.24) is 0 Å². The molecule has 0 N–H and O–H groups in total. The van der Waals surface area contributed by atoms with Crippen LogP contribution in [0, 0.1) is 11.2 Å². The maximum Gasteiger partial charge on any atom is 0.337 e. The van der Waals surface area contributed by atoms with Crippen LogP contribution in [0.5, 0.6) is 0 Å². The van der Waals surface area contributed by atoms with Gasteiger partial charge in [0, 0.05) is 11.5 Å². The van der Waals surface area contributed by atoms with Crippen molar-refractivity contribution in [1.29, 1.82) is 0 Å². The fourth-order valence-corrected chi connectivity index (χ4v) is 2.40. The average molecular weight is 306 g/mol. The summed E-state index contributed by atoms with van der Waals surface area (Å²) < 4.78 is 15.6. The summed E-state index contributed by atoms with van der Waals surface area (Å²) in [5.41, 5.74) is 0.535. The Labute approximate surface area is 129 Å². The monoisotopic (exact) mass is 306 g/mol. The van der Waals surface area contributed by atoms with Gasteiger partial charge in [-0.05, 0) is 60.5 Å². The standard InChI is InChI=1S/C16H18O4S/c1-18-16(17)13-6-8-14(9-7-13)21-12-4-11-20-15-5-2-3-10-19-15/h6-9,15H,2-3,5,10-11H2,1H3. The summed E-state index contributed by atoms with van der Waals surface area (Å²) in [6, 6.07) is 7.14. The third kappa shape index (κ3) is 5.43. The molecule has 1 aromatic carbocycles. The molecule has 112 valence electrons. The summed E-state index contributed by atoms with van der Waals surface area (Å²) in [6.07, 6.45) is 3.11. The molecule has 0 radical (unpaired) electrons. The highest BCUT2D eigenvalue weighted by molar-refractivity contribution is 8.03. The van der Waals surface area contributed by atoms with Crippen LogP contribution in [0.2, 0.25) is 0 Å². The van der Waals surface area contributed by atoms with Crippen LogP contribution in [0.1, 0.15) is 29.6 Å². The molecule has 1 aliphatic rings. The molecule has 0 saturated carbocycles. The summed E-state index contributed by atoms with van der Waals surface area (Å²) in [4.78, 5) is 12.3. The second-order valence-electron chi connectivity index (χ2n) is 4.50. The van der Waals surface area contributed by atoms with E-state index in [9.17, 15) is 4.79 Å². The van der Waals surface area contributed by atoms with Crippen LogP contribution in [0.15, 0.2) is 29.2 Å². The summed E-state index contributed by atoms with van der Waals surface area (Å²) in [5, 5.41) is 2.97. The molecule has 1 aromatic rings. The lowest BCUT2D eigenvalue weighted by Crippen LogP contribution is -2.22. The topological polar surface area (TPSA) is 44.8 Å². The lowest BCUT2D eigenvalue weighted by molar-refractivity contribution is -0.154. The van der Waals surface area contributed by atoms with Crippen LogP contribution >= 0.6 is 11.8 Å². The van der Waals surface area contributed by atoms with Gasteiger partial charge in [-0.15, -0.1) is 0 Å². The lowest BCUT2D eigenvalue weighted by Gasteiger charge is -2.21. The molecule has 0 amide bonds. The van der Waals surface area contributed by atoms with E-state index in [0.29, 0.717) is 12.2 Å². The van der Waals surface area contributed by atoms with Crippen molar-refractivity contribution in [2.24, 2.45) is 0 Å². The normalized spacial score (nSPS) is 17.7. The number of ether oxygens (including phenoxy) is 3. The van der Waals surface area contributed by atoms with E-state index in [1.54, 1.807) is 12.1 Å². The highest BCUT2D eigenvalue weighted by atomic mass is 32.2. The predicted molar refractivity (Wildman–Crippen MR) is 81.0 cm³/mol. The number of thioether (sulfide) groups is 1. The summed E-state index contributed by atoms with van der Waals surface area (Å²) >= 11 is 1.40. The number of benzene rings is 1. The van der Waals surface area contributed by atoms with E-state index in [4.69, 9.17) is 9.47 Å². The number of hydrogen-bond donors (Lipinski definition) is 0. The van der Waals surface area contributed by atoms with Crippen LogP contribution in [0.25, 0.3) is 0 Å². The molecule has 4 nitrogen and oxygen atoms in total. The molecule has 1 saturated heterocycles. The van der Waals surface area contributed by atoms with E-state index in [0.717, 1.165) is 30.8 Å². The van der Waals surface area contributed by atoms with Gasteiger partial charge >= 0.3 is 5.97 Å². The lowest BCUT2D eigenvalue weighted by atomic mass is 10.2. The van der Waals surface area contributed by atoms with Gasteiger partial charge < -0.3 is 14.2 Å². The molecule has 2 rings (SSSR count). The fraction of sp³-hybridized carbons (Fsp3) is 0.438. The Morgan fingerprint density at radius 2 is 2.19 bits per heavy atom. The van der Waals surface area contributed by atoms with Gasteiger partial charge in [0.1, 0.15) is 6.61 Å². The zero-order chi connectivity index (χ0) is 14.9. The Kier molecular flexibility index (Phi) is 6.61. The highest BCUT2D eigenvalue weighted by Crippen LogP contribution is 2.17. The minimum Gasteiger partial charge on any atom is -0.465 e. The smallest absolute Gasteiger partial charge is 0.337 e. The third-order valence-electron chi connectivity index (χ3n) is 3.00. The first-order valence-electron chi connectivity index (χ1n) is 6.86. The first-order chi connectivity index (χ1) is 10.3. The Morgan fingerprint density at radius 1 is 1.38 bits per heavy atom. The van der Waals surface area contributed by atoms with E-state index in [2.05, 4.69) is 15.9 Å². The zero-order valence-electron chi connectivity index (χ0n) is 12.0. The molecule has 1 heterocycles. The van der Waals surface area contributed by atoms with Crippen molar-refractivity contribution < 1.29 is 19.0 Å². The number of methoxy groups -OCH3 is 1. The Morgan fingerprint density at radius 3 is 2.86 bits per heavy atom. The second-order valence-corrected chi connectivity index (χ2v) is 5.38. The van der Waals surface area contributed by atoms with Crippen LogP contribution in [0.3, 0.4) is 0 Å². The molecular formula is C16H18O4S. The molecule has 1 fully saturated rings. The molecule has 0 bridgehead atoms. The van der Waals surface area contributed by atoms with Gasteiger partial charge in [0.05, 0.1) is 12.7 Å². The van der Waals surface area contributed by atoms with E-state index >= 15 is 0 Å². The van der Waals surface area contributed by atoms with E-state index in [-0.39, 0.29) is 12.3 Å². The predicted octanol–water partition coefficient (Wildman–Crippen LogP) is 3.07. The quantitative estimate of drug-likeness (QED) is 0.486. The van der Waals surface area contributed by atoms with Crippen molar-refractivity contribution in [3.05, 3.63) is 29.8 Å². The van der Waals surface area contributed by atoms with Gasteiger partial charge in [0.25, 0.3) is 0 Å². The number of esters is 1. The van der Waals surface area contributed by atoms with Gasteiger partial charge in [-0.1, -0.05) is 5.92 Å². The second kappa shape index (κ2) is 8.73. The van der Waals surface area contributed by atoms with Crippen molar-refractivity contribution in [3.63, 3.8) is 0 Å².